The number of rotatable bonds is 8. The first-order chi connectivity index (χ1) is 11.2. The maximum Gasteiger partial charge on any atom is 0.133 e. The number of hydrogen-bond donors (Lipinski definition) is 1. The van der Waals surface area contributed by atoms with Gasteiger partial charge in [0.1, 0.15) is 24.7 Å². The fraction of sp³-hybridized carbons (Fsp3) is 0.167. The molecular formula is C18H18BrNO3. The summed E-state index contributed by atoms with van der Waals surface area (Å²) in [5.74, 6) is 1.56. The molecule has 0 amide bonds. The Bertz CT molecular complexity index is 686. The molecule has 0 saturated carbocycles. The molecule has 120 valence electrons. The Morgan fingerprint density at radius 3 is 2.52 bits per heavy atom. The van der Waals surface area contributed by atoms with Crippen molar-refractivity contribution < 1.29 is 14.7 Å². The molecule has 0 spiro atoms. The summed E-state index contributed by atoms with van der Waals surface area (Å²) in [6, 6.07) is 13.3. The smallest absolute Gasteiger partial charge is 0.133 e. The van der Waals surface area contributed by atoms with Crippen LogP contribution in [0.15, 0.2) is 64.7 Å². The zero-order chi connectivity index (χ0) is 16.5. The van der Waals surface area contributed by atoms with E-state index in [1.54, 1.807) is 6.07 Å². The summed E-state index contributed by atoms with van der Waals surface area (Å²) < 4.78 is 12.3. The van der Waals surface area contributed by atoms with E-state index in [2.05, 4.69) is 27.7 Å². The average molecular weight is 376 g/mol. The van der Waals surface area contributed by atoms with Crippen LogP contribution in [0.25, 0.3) is 0 Å². The van der Waals surface area contributed by atoms with Gasteiger partial charge >= 0.3 is 0 Å². The first-order valence-electron chi connectivity index (χ1n) is 7.16. The molecule has 0 aliphatic rings. The van der Waals surface area contributed by atoms with E-state index in [0.717, 1.165) is 27.8 Å². The Morgan fingerprint density at radius 2 is 1.83 bits per heavy atom. The van der Waals surface area contributed by atoms with Crippen molar-refractivity contribution in [2.45, 2.75) is 6.42 Å². The minimum atomic E-state index is 0.425. The lowest BCUT2D eigenvalue weighted by Crippen LogP contribution is -2.10. The normalized spacial score (nSPS) is 10.7. The van der Waals surface area contributed by atoms with Gasteiger partial charge in [-0.25, -0.2) is 0 Å². The SMILES string of the molecule is C=CCc1ccccc1OCCOc1ccc(C=NO)cc1Br. The van der Waals surface area contributed by atoms with Crippen LogP contribution < -0.4 is 9.47 Å². The maximum atomic E-state index is 8.52. The van der Waals surface area contributed by atoms with Gasteiger partial charge in [-0.3, -0.25) is 0 Å². The number of hydrogen-bond acceptors (Lipinski definition) is 4. The molecule has 0 heterocycles. The second kappa shape index (κ2) is 9.00. The molecule has 4 nitrogen and oxygen atoms in total. The van der Waals surface area contributed by atoms with Crippen LogP contribution in [0.1, 0.15) is 11.1 Å². The van der Waals surface area contributed by atoms with Gasteiger partial charge in [-0.05, 0) is 57.7 Å². The highest BCUT2D eigenvalue weighted by molar-refractivity contribution is 9.10. The van der Waals surface area contributed by atoms with Gasteiger partial charge in [-0.1, -0.05) is 29.4 Å². The van der Waals surface area contributed by atoms with Crippen LogP contribution in [0.5, 0.6) is 11.5 Å². The van der Waals surface area contributed by atoms with Crippen LogP contribution in [0, 0.1) is 0 Å². The topological polar surface area (TPSA) is 51.0 Å². The van der Waals surface area contributed by atoms with E-state index >= 15 is 0 Å². The van der Waals surface area contributed by atoms with E-state index < -0.39 is 0 Å². The van der Waals surface area contributed by atoms with Crippen molar-refractivity contribution in [3.8, 4) is 11.5 Å². The molecule has 2 aromatic rings. The highest BCUT2D eigenvalue weighted by atomic mass is 79.9. The summed E-state index contributed by atoms with van der Waals surface area (Å²) >= 11 is 3.43. The molecule has 2 rings (SSSR count). The fourth-order valence-electron chi connectivity index (χ4n) is 2.05. The zero-order valence-corrected chi connectivity index (χ0v) is 14.2. The Balaban J connectivity index is 1.87. The Labute approximate surface area is 144 Å². The summed E-state index contributed by atoms with van der Waals surface area (Å²) in [5, 5.41) is 11.5. The summed E-state index contributed by atoms with van der Waals surface area (Å²) in [7, 11) is 0. The van der Waals surface area contributed by atoms with Crippen LogP contribution in [0.3, 0.4) is 0 Å². The van der Waals surface area contributed by atoms with Crippen molar-refractivity contribution in [2.75, 3.05) is 13.2 Å². The molecule has 2 aromatic carbocycles. The summed E-state index contributed by atoms with van der Waals surface area (Å²) in [6.07, 6.45) is 3.98. The molecule has 0 aliphatic heterocycles. The molecule has 0 bridgehead atoms. The lowest BCUT2D eigenvalue weighted by Gasteiger charge is -2.12. The van der Waals surface area contributed by atoms with Gasteiger partial charge < -0.3 is 14.7 Å². The number of para-hydroxylation sites is 1. The number of benzene rings is 2. The molecule has 5 heteroatoms. The van der Waals surface area contributed by atoms with Crippen molar-refractivity contribution >= 4 is 22.1 Å². The van der Waals surface area contributed by atoms with Gasteiger partial charge in [0.15, 0.2) is 0 Å². The molecule has 0 aliphatic carbocycles. The number of oxime groups is 1. The second-order valence-corrected chi connectivity index (χ2v) is 5.59. The largest absolute Gasteiger partial charge is 0.490 e. The Hall–Kier alpha value is -2.27. The van der Waals surface area contributed by atoms with Gasteiger partial charge in [0, 0.05) is 0 Å². The average Bonchev–Trinajstić information content (AvgIpc) is 2.55. The highest BCUT2D eigenvalue weighted by Gasteiger charge is 2.04. The van der Waals surface area contributed by atoms with Gasteiger partial charge in [0.25, 0.3) is 0 Å². The predicted molar refractivity (Wildman–Crippen MR) is 94.9 cm³/mol. The van der Waals surface area contributed by atoms with Crippen LogP contribution in [0.4, 0.5) is 0 Å². The van der Waals surface area contributed by atoms with Crippen molar-refractivity contribution in [3.63, 3.8) is 0 Å². The van der Waals surface area contributed by atoms with Crippen LogP contribution in [0.2, 0.25) is 0 Å². The molecule has 1 N–H and O–H groups in total. The van der Waals surface area contributed by atoms with Crippen molar-refractivity contribution in [1.82, 2.24) is 0 Å². The fourth-order valence-corrected chi connectivity index (χ4v) is 2.56. The molecule has 23 heavy (non-hydrogen) atoms. The van der Waals surface area contributed by atoms with Crippen molar-refractivity contribution in [3.05, 3.63) is 70.7 Å². The van der Waals surface area contributed by atoms with Gasteiger partial charge in [-0.2, -0.15) is 0 Å². The molecule has 0 fully saturated rings. The van der Waals surface area contributed by atoms with Crippen LogP contribution >= 0.6 is 15.9 Å². The van der Waals surface area contributed by atoms with E-state index in [1.165, 1.54) is 6.21 Å². The monoisotopic (exact) mass is 375 g/mol. The third kappa shape index (κ3) is 5.14. The molecule has 0 saturated heterocycles. The summed E-state index contributed by atoms with van der Waals surface area (Å²) in [4.78, 5) is 0. The first-order valence-corrected chi connectivity index (χ1v) is 7.95. The number of ether oxygens (including phenoxy) is 2. The van der Waals surface area contributed by atoms with Gasteiger partial charge in [0.2, 0.25) is 0 Å². The van der Waals surface area contributed by atoms with Crippen LogP contribution in [-0.2, 0) is 6.42 Å². The number of nitrogens with zero attached hydrogens (tertiary/aromatic N) is 1. The third-order valence-electron chi connectivity index (χ3n) is 3.10. The van der Waals surface area contributed by atoms with E-state index in [4.69, 9.17) is 14.7 Å². The number of allylic oxidation sites excluding steroid dienone is 1. The van der Waals surface area contributed by atoms with Crippen LogP contribution in [-0.4, -0.2) is 24.6 Å². The Kier molecular flexibility index (Phi) is 6.69. The second-order valence-electron chi connectivity index (χ2n) is 4.73. The van der Waals surface area contributed by atoms with E-state index in [0.29, 0.717) is 19.0 Å². The molecule has 0 radical (unpaired) electrons. The third-order valence-corrected chi connectivity index (χ3v) is 3.72. The number of halogens is 1. The van der Waals surface area contributed by atoms with Gasteiger partial charge in [0.05, 0.1) is 10.7 Å². The van der Waals surface area contributed by atoms with E-state index in [9.17, 15) is 0 Å². The lowest BCUT2D eigenvalue weighted by atomic mass is 10.1. The van der Waals surface area contributed by atoms with Gasteiger partial charge in [-0.15, -0.1) is 6.58 Å². The van der Waals surface area contributed by atoms with E-state index in [-0.39, 0.29) is 0 Å². The van der Waals surface area contributed by atoms with E-state index in [1.807, 2.05) is 42.5 Å². The standard InChI is InChI=1S/C18H18BrNO3/c1-2-5-15-6-3-4-7-17(15)22-10-11-23-18-9-8-14(13-20-21)12-16(18)19/h2-4,6-9,12-13,21H,1,5,10-11H2. The molecule has 0 aromatic heterocycles. The minimum absolute atomic E-state index is 0.425. The van der Waals surface area contributed by atoms with Crippen molar-refractivity contribution in [2.24, 2.45) is 5.16 Å². The summed E-state index contributed by atoms with van der Waals surface area (Å²) in [6.45, 7) is 4.62. The quantitative estimate of drug-likeness (QED) is 0.244. The minimum Gasteiger partial charge on any atom is -0.490 e. The first kappa shape index (κ1) is 17.1. The zero-order valence-electron chi connectivity index (χ0n) is 12.6. The molecule has 0 unspecified atom stereocenters. The predicted octanol–water partition coefficient (Wildman–Crippen LogP) is 4.44. The maximum absolute atomic E-state index is 8.52. The highest BCUT2D eigenvalue weighted by Crippen LogP contribution is 2.25. The Morgan fingerprint density at radius 1 is 1.09 bits per heavy atom. The molecular weight excluding hydrogens is 358 g/mol. The van der Waals surface area contributed by atoms with Crippen molar-refractivity contribution in [1.29, 1.82) is 0 Å². The lowest BCUT2D eigenvalue weighted by molar-refractivity contribution is 0.215. The molecule has 0 atom stereocenters. The summed E-state index contributed by atoms with van der Waals surface area (Å²) in [5.41, 5.74) is 1.89.